The molecule has 1 N–H and O–H groups in total. The first-order valence-electron chi connectivity index (χ1n) is 6.52. The van der Waals surface area contributed by atoms with Gasteiger partial charge in [-0.25, -0.2) is 14.2 Å². The second-order valence-electron chi connectivity index (χ2n) is 4.82. The predicted molar refractivity (Wildman–Crippen MR) is 95.1 cm³/mol. The van der Waals surface area contributed by atoms with E-state index in [-0.39, 0.29) is 24.8 Å². The Balaban J connectivity index is 0.00000144. The van der Waals surface area contributed by atoms with Gasteiger partial charge < -0.3 is 9.67 Å². The van der Waals surface area contributed by atoms with Crippen molar-refractivity contribution in [3.63, 3.8) is 0 Å². The molecule has 0 unspecified atom stereocenters. The largest absolute Gasteiger partial charge is 0.478 e. The average Bonchev–Trinajstić information content (AvgIpc) is 2.86. The number of fused-ring (bicyclic) bond motifs is 1. The van der Waals surface area contributed by atoms with Crippen molar-refractivity contribution in [1.82, 2.24) is 14.5 Å². The van der Waals surface area contributed by atoms with Crippen LogP contribution >= 0.6 is 24.8 Å². The number of pyridine rings is 1. The maximum Gasteiger partial charge on any atom is 0.328 e. The van der Waals surface area contributed by atoms with Gasteiger partial charge in [-0.15, -0.1) is 24.8 Å². The molecule has 0 aliphatic heterocycles. The van der Waals surface area contributed by atoms with Gasteiger partial charge in [-0.2, -0.15) is 0 Å². The second-order valence-corrected chi connectivity index (χ2v) is 4.82. The van der Waals surface area contributed by atoms with E-state index in [1.165, 1.54) is 12.3 Å². The van der Waals surface area contributed by atoms with E-state index in [9.17, 15) is 9.18 Å². The lowest BCUT2D eigenvalue weighted by atomic mass is 10.0. The molecule has 0 fully saturated rings. The van der Waals surface area contributed by atoms with Crippen LogP contribution in [0.15, 0.2) is 43.0 Å². The number of rotatable bonds is 3. The maximum atomic E-state index is 14.2. The van der Waals surface area contributed by atoms with Crippen LogP contribution in [0.1, 0.15) is 5.56 Å². The van der Waals surface area contributed by atoms with Crippen LogP contribution in [0.3, 0.4) is 0 Å². The van der Waals surface area contributed by atoms with E-state index in [1.54, 1.807) is 18.5 Å². The van der Waals surface area contributed by atoms with Gasteiger partial charge in [-0.1, -0.05) is 6.07 Å². The Hall–Kier alpha value is -2.44. The van der Waals surface area contributed by atoms with E-state index in [2.05, 4.69) is 9.97 Å². The first-order chi connectivity index (χ1) is 10.6. The number of benzene rings is 1. The molecule has 0 aliphatic rings. The minimum atomic E-state index is -1.10. The summed E-state index contributed by atoms with van der Waals surface area (Å²) < 4.78 is 16.1. The number of nitrogens with zero attached hydrogens (tertiary/aromatic N) is 3. The highest BCUT2D eigenvalue weighted by Gasteiger charge is 2.12. The van der Waals surface area contributed by atoms with Gasteiger partial charge in [-0.05, 0) is 23.8 Å². The quantitative estimate of drug-likeness (QED) is 0.714. The summed E-state index contributed by atoms with van der Waals surface area (Å²) in [6.45, 7) is 0. The summed E-state index contributed by atoms with van der Waals surface area (Å²) in [5, 5.41) is 8.74. The smallest absolute Gasteiger partial charge is 0.328 e. The van der Waals surface area contributed by atoms with Crippen molar-refractivity contribution in [1.29, 1.82) is 0 Å². The standard InChI is InChI=1S/C16H12FN3O2.2ClH/c1-20-9-19-13-4-2-10(6-14(13)20)16-11(3-5-15(21)22)7-18-8-12(16)17;;/h2-9H,1H3,(H,21,22);2*1H. The molecular formula is C16H14Cl2FN3O2. The molecule has 0 radical (unpaired) electrons. The van der Waals surface area contributed by atoms with Gasteiger partial charge >= 0.3 is 5.97 Å². The van der Waals surface area contributed by atoms with E-state index >= 15 is 0 Å². The first-order valence-corrected chi connectivity index (χ1v) is 6.52. The molecular weight excluding hydrogens is 356 g/mol. The number of halogens is 3. The normalized spacial score (nSPS) is 10.4. The number of hydrogen-bond acceptors (Lipinski definition) is 3. The third-order valence-electron chi connectivity index (χ3n) is 3.35. The Morgan fingerprint density at radius 3 is 2.75 bits per heavy atom. The Morgan fingerprint density at radius 2 is 2.04 bits per heavy atom. The molecule has 8 heteroatoms. The Labute approximate surface area is 149 Å². The highest BCUT2D eigenvalue weighted by atomic mass is 35.5. The van der Waals surface area contributed by atoms with Crippen molar-refractivity contribution < 1.29 is 14.3 Å². The molecule has 0 amide bonds. The molecule has 2 aromatic heterocycles. The summed E-state index contributed by atoms with van der Waals surface area (Å²) in [5.74, 6) is -1.61. The molecule has 3 aromatic rings. The lowest BCUT2D eigenvalue weighted by Gasteiger charge is -2.08. The van der Waals surface area contributed by atoms with E-state index in [4.69, 9.17) is 5.11 Å². The zero-order chi connectivity index (χ0) is 15.7. The monoisotopic (exact) mass is 369 g/mol. The van der Waals surface area contributed by atoms with Crippen LogP contribution in [0, 0.1) is 5.82 Å². The Morgan fingerprint density at radius 1 is 1.29 bits per heavy atom. The van der Waals surface area contributed by atoms with Crippen LogP contribution in [-0.4, -0.2) is 25.6 Å². The molecule has 0 saturated carbocycles. The predicted octanol–water partition coefficient (Wildman–Crippen LogP) is 3.72. The van der Waals surface area contributed by atoms with Gasteiger partial charge in [0.15, 0.2) is 0 Å². The molecule has 2 heterocycles. The van der Waals surface area contributed by atoms with Gasteiger partial charge in [0.2, 0.25) is 0 Å². The number of carbonyl (C=O) groups is 1. The summed E-state index contributed by atoms with van der Waals surface area (Å²) in [5.41, 5.74) is 3.03. The SMILES string of the molecule is Cl.Cl.Cn1cnc2ccc(-c3c(F)cncc3C=CC(=O)O)cc21. The third-order valence-corrected chi connectivity index (χ3v) is 3.35. The minimum absolute atomic E-state index is 0. The number of carboxylic acid groups (broad SMARTS) is 1. The fourth-order valence-corrected chi connectivity index (χ4v) is 2.32. The zero-order valence-electron chi connectivity index (χ0n) is 12.5. The molecule has 0 atom stereocenters. The van der Waals surface area contributed by atoms with Crippen molar-refractivity contribution in [2.24, 2.45) is 7.05 Å². The van der Waals surface area contributed by atoms with Crippen LogP contribution in [0.2, 0.25) is 0 Å². The van der Waals surface area contributed by atoms with Crippen molar-refractivity contribution in [2.75, 3.05) is 0 Å². The summed E-state index contributed by atoms with van der Waals surface area (Å²) >= 11 is 0. The highest BCUT2D eigenvalue weighted by molar-refractivity contribution is 5.89. The van der Waals surface area contributed by atoms with Crippen molar-refractivity contribution in [3.05, 3.63) is 54.4 Å². The summed E-state index contributed by atoms with van der Waals surface area (Å²) in [7, 11) is 1.85. The van der Waals surface area contributed by atoms with Crippen LogP contribution in [0.4, 0.5) is 4.39 Å². The summed E-state index contributed by atoms with van der Waals surface area (Å²) in [6.07, 6.45) is 6.53. The Kier molecular flexibility index (Phi) is 6.45. The van der Waals surface area contributed by atoms with Crippen molar-refractivity contribution in [2.45, 2.75) is 0 Å². The van der Waals surface area contributed by atoms with E-state index in [0.29, 0.717) is 16.7 Å². The minimum Gasteiger partial charge on any atom is -0.478 e. The number of aromatic nitrogens is 3. The number of hydrogen-bond donors (Lipinski definition) is 1. The second kappa shape index (κ2) is 7.90. The summed E-state index contributed by atoms with van der Waals surface area (Å²) in [6, 6.07) is 5.37. The number of carboxylic acids is 1. The van der Waals surface area contributed by atoms with Gasteiger partial charge in [-0.3, -0.25) is 4.98 Å². The molecule has 0 spiro atoms. The van der Waals surface area contributed by atoms with Crippen LogP contribution in [0.25, 0.3) is 28.2 Å². The topological polar surface area (TPSA) is 68.0 Å². The van der Waals surface area contributed by atoms with Crippen LogP contribution in [-0.2, 0) is 11.8 Å². The van der Waals surface area contributed by atoms with Gasteiger partial charge in [0, 0.05) is 30.4 Å². The fourth-order valence-electron chi connectivity index (χ4n) is 2.32. The molecule has 1 aromatic carbocycles. The number of imidazole rings is 1. The van der Waals surface area contributed by atoms with Crippen molar-refractivity contribution >= 4 is 47.9 Å². The third kappa shape index (κ3) is 3.72. The molecule has 5 nitrogen and oxygen atoms in total. The van der Waals surface area contributed by atoms with Gasteiger partial charge in [0.05, 0.1) is 23.6 Å². The van der Waals surface area contributed by atoms with Gasteiger partial charge in [0.1, 0.15) is 5.82 Å². The van der Waals surface area contributed by atoms with E-state index in [1.807, 2.05) is 17.7 Å². The average molecular weight is 370 g/mol. The van der Waals surface area contributed by atoms with Crippen LogP contribution < -0.4 is 0 Å². The molecule has 0 saturated heterocycles. The van der Waals surface area contributed by atoms with Gasteiger partial charge in [0.25, 0.3) is 0 Å². The fraction of sp³-hybridized carbons (Fsp3) is 0.0625. The number of aliphatic carboxylic acids is 1. The summed E-state index contributed by atoms with van der Waals surface area (Å²) in [4.78, 5) is 18.7. The zero-order valence-corrected chi connectivity index (χ0v) is 14.1. The number of aryl methyl sites for hydroxylation is 1. The maximum absolute atomic E-state index is 14.2. The molecule has 24 heavy (non-hydrogen) atoms. The van der Waals surface area contributed by atoms with Crippen molar-refractivity contribution in [3.8, 4) is 11.1 Å². The first kappa shape index (κ1) is 19.6. The van der Waals surface area contributed by atoms with E-state index in [0.717, 1.165) is 23.3 Å². The molecule has 126 valence electrons. The highest BCUT2D eigenvalue weighted by Crippen LogP contribution is 2.29. The molecule has 0 aliphatic carbocycles. The lowest BCUT2D eigenvalue weighted by molar-refractivity contribution is -0.131. The Bertz CT molecular complexity index is 909. The molecule has 3 rings (SSSR count). The lowest BCUT2D eigenvalue weighted by Crippen LogP contribution is -1.93. The van der Waals surface area contributed by atoms with E-state index < -0.39 is 11.8 Å². The van der Waals surface area contributed by atoms with Crippen LogP contribution in [0.5, 0.6) is 0 Å². The molecule has 0 bridgehead atoms.